The molecule has 3 rings (SSSR count). The van der Waals surface area contributed by atoms with Gasteiger partial charge in [0.2, 0.25) is 0 Å². The minimum absolute atomic E-state index is 0.269. The zero-order chi connectivity index (χ0) is 14.7. The molecule has 1 fully saturated rings. The summed E-state index contributed by atoms with van der Waals surface area (Å²) in [4.78, 5) is 9.82. The van der Waals surface area contributed by atoms with E-state index >= 15 is 0 Å². The summed E-state index contributed by atoms with van der Waals surface area (Å²) >= 11 is 0. The molecule has 0 unspecified atom stereocenters. The van der Waals surface area contributed by atoms with Crippen LogP contribution in [0.25, 0.3) is 0 Å². The Morgan fingerprint density at radius 1 is 0.952 bits per heavy atom. The van der Waals surface area contributed by atoms with Crippen LogP contribution >= 0.6 is 0 Å². The first-order chi connectivity index (χ1) is 10.3. The van der Waals surface area contributed by atoms with Gasteiger partial charge >= 0.3 is 0 Å². The largest absolute Gasteiger partial charge is 0.373 e. The lowest BCUT2D eigenvalue weighted by Gasteiger charge is -2.31. The fourth-order valence-electron chi connectivity index (χ4n) is 3.82. The topological polar surface area (TPSA) is 47.0 Å². The summed E-state index contributed by atoms with van der Waals surface area (Å²) in [5.74, 6) is 1.94. The second kappa shape index (κ2) is 6.30. The Kier molecular flexibility index (Phi) is 4.43. The van der Waals surface area contributed by atoms with Gasteiger partial charge in [0.05, 0.1) is 0 Å². The highest BCUT2D eigenvalue weighted by Crippen LogP contribution is 2.39. The first-order valence-electron chi connectivity index (χ1n) is 8.42. The van der Waals surface area contributed by atoms with Crippen LogP contribution < -0.4 is 5.32 Å². The number of ether oxygens (including phenoxy) is 1. The van der Waals surface area contributed by atoms with Crippen LogP contribution in [-0.4, -0.2) is 24.1 Å². The van der Waals surface area contributed by atoms with Gasteiger partial charge < -0.3 is 10.1 Å². The molecule has 4 heteroatoms. The molecule has 0 amide bonds. The summed E-state index contributed by atoms with van der Waals surface area (Å²) in [6.07, 6.45) is 11.8. The van der Waals surface area contributed by atoms with Crippen molar-refractivity contribution in [2.75, 3.05) is 19.5 Å². The summed E-state index contributed by atoms with van der Waals surface area (Å²) in [5.41, 5.74) is 2.30. The molecular formula is C17H27N3O. The highest BCUT2D eigenvalue weighted by molar-refractivity contribution is 5.47. The Morgan fingerprint density at radius 2 is 1.67 bits per heavy atom. The summed E-state index contributed by atoms with van der Waals surface area (Å²) < 4.78 is 5.98. The lowest BCUT2D eigenvalue weighted by atomic mass is 9.91. The van der Waals surface area contributed by atoms with E-state index < -0.39 is 0 Å². The van der Waals surface area contributed by atoms with E-state index in [1.807, 2.05) is 14.2 Å². The van der Waals surface area contributed by atoms with E-state index in [1.165, 1.54) is 49.8 Å². The molecule has 1 aromatic rings. The van der Waals surface area contributed by atoms with Gasteiger partial charge in [-0.1, -0.05) is 25.7 Å². The predicted octanol–water partition coefficient (Wildman–Crippen LogP) is 3.59. The summed E-state index contributed by atoms with van der Waals surface area (Å²) in [6, 6.07) is 0. The summed E-state index contributed by atoms with van der Waals surface area (Å²) in [6.45, 7) is 0. The van der Waals surface area contributed by atoms with Crippen LogP contribution in [-0.2, 0) is 23.2 Å². The van der Waals surface area contributed by atoms with Crippen LogP contribution in [0.2, 0.25) is 0 Å². The molecule has 1 saturated carbocycles. The van der Waals surface area contributed by atoms with Gasteiger partial charge in [0, 0.05) is 25.4 Å². The Balaban J connectivity index is 2.03. The van der Waals surface area contributed by atoms with E-state index in [0.29, 0.717) is 0 Å². The fourth-order valence-corrected chi connectivity index (χ4v) is 3.82. The number of hydrogen-bond donors (Lipinski definition) is 1. The molecule has 0 aliphatic heterocycles. The van der Waals surface area contributed by atoms with Crippen LogP contribution in [0, 0.1) is 0 Å². The van der Waals surface area contributed by atoms with Crippen LogP contribution in [0.15, 0.2) is 0 Å². The van der Waals surface area contributed by atoms with Gasteiger partial charge in [0.15, 0.2) is 5.82 Å². The van der Waals surface area contributed by atoms with Crippen LogP contribution in [0.3, 0.4) is 0 Å². The molecule has 2 aliphatic carbocycles. The number of nitrogens with zero attached hydrogens (tertiary/aromatic N) is 2. The second-order valence-electron chi connectivity index (χ2n) is 6.39. The molecule has 0 saturated heterocycles. The molecule has 2 aliphatic rings. The Hall–Kier alpha value is -1.16. The zero-order valence-corrected chi connectivity index (χ0v) is 13.4. The molecule has 0 spiro atoms. The Bertz CT molecular complexity index is 476. The van der Waals surface area contributed by atoms with Crippen molar-refractivity contribution in [1.29, 1.82) is 0 Å². The first-order valence-corrected chi connectivity index (χ1v) is 8.42. The molecule has 0 bridgehead atoms. The van der Waals surface area contributed by atoms with Crippen LogP contribution in [0.4, 0.5) is 5.82 Å². The van der Waals surface area contributed by atoms with E-state index in [-0.39, 0.29) is 5.60 Å². The SMILES string of the molecule is CNc1nc(C2(OC)CCCCCC2)nc2c1CCCC2. The molecular weight excluding hydrogens is 262 g/mol. The maximum Gasteiger partial charge on any atom is 0.162 e. The van der Waals surface area contributed by atoms with E-state index in [1.54, 1.807) is 0 Å². The van der Waals surface area contributed by atoms with E-state index in [9.17, 15) is 0 Å². The molecule has 0 radical (unpaired) electrons. The molecule has 1 aromatic heterocycles. The van der Waals surface area contributed by atoms with Gasteiger partial charge in [0.1, 0.15) is 11.4 Å². The molecule has 1 heterocycles. The van der Waals surface area contributed by atoms with Crippen molar-refractivity contribution in [3.63, 3.8) is 0 Å². The number of anilines is 1. The average Bonchev–Trinajstić information content (AvgIpc) is 2.80. The number of nitrogens with one attached hydrogen (secondary N) is 1. The third-order valence-corrected chi connectivity index (χ3v) is 5.13. The molecule has 4 nitrogen and oxygen atoms in total. The van der Waals surface area contributed by atoms with Gasteiger partial charge in [-0.3, -0.25) is 0 Å². The number of hydrogen-bond acceptors (Lipinski definition) is 4. The van der Waals surface area contributed by atoms with Crippen LogP contribution in [0.1, 0.15) is 68.4 Å². The van der Waals surface area contributed by atoms with E-state index in [2.05, 4.69) is 5.32 Å². The lowest BCUT2D eigenvalue weighted by molar-refractivity contribution is -0.0352. The third kappa shape index (κ3) is 2.78. The average molecular weight is 289 g/mol. The Morgan fingerprint density at radius 3 is 2.33 bits per heavy atom. The molecule has 116 valence electrons. The van der Waals surface area contributed by atoms with Gasteiger partial charge in [-0.25, -0.2) is 9.97 Å². The first kappa shape index (κ1) is 14.8. The van der Waals surface area contributed by atoms with Gasteiger partial charge in [-0.2, -0.15) is 0 Å². The fraction of sp³-hybridized carbons (Fsp3) is 0.765. The van der Waals surface area contributed by atoms with Crippen molar-refractivity contribution in [3.05, 3.63) is 17.1 Å². The van der Waals surface area contributed by atoms with Crippen LogP contribution in [0.5, 0.6) is 0 Å². The summed E-state index contributed by atoms with van der Waals surface area (Å²) in [7, 11) is 3.79. The quantitative estimate of drug-likeness (QED) is 0.864. The Labute approximate surface area is 127 Å². The van der Waals surface area contributed by atoms with Crippen molar-refractivity contribution >= 4 is 5.82 Å². The van der Waals surface area contributed by atoms with Crippen molar-refractivity contribution < 1.29 is 4.74 Å². The lowest BCUT2D eigenvalue weighted by Crippen LogP contribution is -2.32. The summed E-state index contributed by atoms with van der Waals surface area (Å²) in [5, 5.41) is 3.28. The van der Waals surface area contributed by atoms with Gasteiger partial charge in [-0.05, 0) is 38.5 Å². The van der Waals surface area contributed by atoms with E-state index in [4.69, 9.17) is 14.7 Å². The maximum atomic E-state index is 5.98. The highest BCUT2D eigenvalue weighted by Gasteiger charge is 2.37. The minimum Gasteiger partial charge on any atom is -0.373 e. The zero-order valence-electron chi connectivity index (χ0n) is 13.4. The van der Waals surface area contributed by atoms with Crippen molar-refractivity contribution in [2.24, 2.45) is 0 Å². The highest BCUT2D eigenvalue weighted by atomic mass is 16.5. The van der Waals surface area contributed by atoms with Gasteiger partial charge in [-0.15, -0.1) is 0 Å². The second-order valence-corrected chi connectivity index (χ2v) is 6.39. The third-order valence-electron chi connectivity index (χ3n) is 5.13. The number of aromatic nitrogens is 2. The van der Waals surface area contributed by atoms with Crippen molar-refractivity contribution in [1.82, 2.24) is 9.97 Å². The normalized spacial score (nSPS) is 21.4. The van der Waals surface area contributed by atoms with E-state index in [0.717, 1.165) is 37.3 Å². The number of rotatable bonds is 3. The van der Waals surface area contributed by atoms with Gasteiger partial charge in [0.25, 0.3) is 0 Å². The van der Waals surface area contributed by atoms with Crippen molar-refractivity contribution in [3.8, 4) is 0 Å². The molecule has 0 aromatic carbocycles. The van der Waals surface area contributed by atoms with Crippen molar-refractivity contribution in [2.45, 2.75) is 69.8 Å². The molecule has 0 atom stereocenters. The smallest absolute Gasteiger partial charge is 0.162 e. The monoisotopic (exact) mass is 289 g/mol. The number of fused-ring (bicyclic) bond motifs is 1. The molecule has 21 heavy (non-hydrogen) atoms. The predicted molar refractivity (Wildman–Crippen MR) is 84.6 cm³/mol. The number of methoxy groups -OCH3 is 1. The number of aryl methyl sites for hydroxylation is 1. The molecule has 1 N–H and O–H groups in total. The maximum absolute atomic E-state index is 5.98. The minimum atomic E-state index is -0.269. The standard InChI is InChI=1S/C17H27N3O/c1-18-15-13-9-5-6-10-14(13)19-16(20-15)17(21-2)11-7-3-4-8-12-17/h3-12H2,1-2H3,(H,18,19,20).